The normalized spacial score (nSPS) is 22.6. The Morgan fingerprint density at radius 3 is 2.50 bits per heavy atom. The molecule has 218 valence electrons. The predicted molar refractivity (Wildman–Crippen MR) is 127 cm³/mol. The van der Waals surface area contributed by atoms with Gasteiger partial charge in [-0.15, -0.1) is 0 Å². The molecule has 1 aliphatic heterocycles. The van der Waals surface area contributed by atoms with Crippen LogP contribution in [-0.4, -0.2) is 67.9 Å². The SMILES string of the molecule is O=[N+]([O-])c1ccccc1CO[C@H]1C[C@H](n2cnc3c(O)ncnc32)O[C@@H]1COP(=O)(O)OP(=O)(O)OP(=O)(O)O. The van der Waals surface area contributed by atoms with E-state index in [1.54, 1.807) is 6.07 Å². The summed E-state index contributed by atoms with van der Waals surface area (Å²) in [6.45, 7) is -1.13. The summed E-state index contributed by atoms with van der Waals surface area (Å²) in [6, 6.07) is 5.73. The van der Waals surface area contributed by atoms with Gasteiger partial charge in [-0.05, 0) is 6.07 Å². The molecule has 40 heavy (non-hydrogen) atoms. The number of rotatable bonds is 12. The maximum atomic E-state index is 12.2. The highest BCUT2D eigenvalue weighted by atomic mass is 31.3. The van der Waals surface area contributed by atoms with Gasteiger partial charge < -0.3 is 34.2 Å². The number of fused-ring (bicyclic) bond motifs is 1. The zero-order chi connectivity index (χ0) is 29.3. The average Bonchev–Trinajstić information content (AvgIpc) is 3.44. The molecule has 2 aromatic heterocycles. The third kappa shape index (κ3) is 7.52. The van der Waals surface area contributed by atoms with Crippen molar-refractivity contribution in [3.63, 3.8) is 0 Å². The molecule has 1 aliphatic rings. The lowest BCUT2D eigenvalue weighted by Gasteiger charge is -2.21. The van der Waals surface area contributed by atoms with Crippen LogP contribution in [-0.2, 0) is 42.9 Å². The number of nitrogens with zero attached hydrogens (tertiary/aromatic N) is 5. The first-order chi connectivity index (χ1) is 18.6. The molecule has 0 radical (unpaired) electrons. The molecule has 3 heterocycles. The summed E-state index contributed by atoms with van der Waals surface area (Å²) in [4.78, 5) is 58.9. The minimum absolute atomic E-state index is 0.00127. The number of imidazole rings is 1. The quantitative estimate of drug-likeness (QED) is 0.108. The fourth-order valence-corrected chi connectivity index (χ4v) is 6.76. The van der Waals surface area contributed by atoms with Gasteiger partial charge in [0.1, 0.15) is 18.7 Å². The second-order valence-electron chi connectivity index (χ2n) is 8.01. The molecule has 0 saturated carbocycles. The maximum Gasteiger partial charge on any atom is 0.490 e. The number of nitro groups is 1. The zero-order valence-electron chi connectivity index (χ0n) is 19.7. The molecule has 0 amide bonds. The van der Waals surface area contributed by atoms with Crippen LogP contribution >= 0.6 is 23.5 Å². The Bertz CT molecular complexity index is 1550. The largest absolute Gasteiger partial charge is 0.492 e. The van der Waals surface area contributed by atoms with Gasteiger partial charge >= 0.3 is 23.5 Å². The Kier molecular flexibility index (Phi) is 8.82. The summed E-state index contributed by atoms with van der Waals surface area (Å²) in [5.41, 5.74) is 0.174. The number of hydrogen-bond acceptors (Lipinski definition) is 14. The van der Waals surface area contributed by atoms with Crippen molar-refractivity contribution in [3.05, 3.63) is 52.6 Å². The minimum Gasteiger partial charge on any atom is -0.492 e. The number of aromatic nitrogens is 4. The number of ether oxygens (including phenoxy) is 2. The summed E-state index contributed by atoms with van der Waals surface area (Å²) in [7, 11) is -16.8. The molecule has 5 atom stereocenters. The Labute approximate surface area is 222 Å². The monoisotopic (exact) mass is 627 g/mol. The van der Waals surface area contributed by atoms with E-state index < -0.39 is 59.3 Å². The summed E-state index contributed by atoms with van der Waals surface area (Å²) >= 11 is 0. The topological polar surface area (TPSA) is 285 Å². The van der Waals surface area contributed by atoms with Crippen LogP contribution in [0.15, 0.2) is 36.9 Å². The molecule has 1 aromatic carbocycles. The first kappa shape index (κ1) is 30.3. The standard InChI is InChI=1S/C17H20N5O15P3/c23-17-15-16(18-8-19-17)21(9-20-15)14-5-12(33-6-10-3-1-2-4-11(10)22(24)25)13(35-14)7-34-39(29,30)37-40(31,32)36-38(26,27)28/h1-4,8-9,12-14H,5-7H2,(H,29,30)(H,31,32)(H,18,19,23)(H2,26,27,28)/t12-,13+,14+/m0/s1. The average molecular weight is 627 g/mol. The highest BCUT2D eigenvalue weighted by molar-refractivity contribution is 7.66. The van der Waals surface area contributed by atoms with Gasteiger partial charge in [-0.25, -0.2) is 23.7 Å². The Hall–Kier alpha value is -2.70. The highest BCUT2D eigenvalue weighted by Crippen LogP contribution is 2.66. The second kappa shape index (κ2) is 11.7. The van der Waals surface area contributed by atoms with Crippen molar-refractivity contribution in [3.8, 4) is 5.88 Å². The van der Waals surface area contributed by atoms with Crippen molar-refractivity contribution in [2.45, 2.75) is 31.5 Å². The van der Waals surface area contributed by atoms with E-state index in [2.05, 4.69) is 23.6 Å². The third-order valence-electron chi connectivity index (χ3n) is 5.29. The van der Waals surface area contributed by atoms with Gasteiger partial charge in [-0.3, -0.25) is 19.2 Å². The number of aromatic hydroxyl groups is 1. The second-order valence-corrected chi connectivity index (χ2v) is 12.4. The van der Waals surface area contributed by atoms with Crippen molar-refractivity contribution < 1.29 is 65.9 Å². The summed E-state index contributed by atoms with van der Waals surface area (Å²) in [5, 5.41) is 21.2. The number of phosphoric acid groups is 3. The van der Waals surface area contributed by atoms with Crippen LogP contribution in [0, 0.1) is 10.1 Å². The van der Waals surface area contributed by atoms with Gasteiger partial charge in [-0.1, -0.05) is 12.1 Å². The van der Waals surface area contributed by atoms with Crippen LogP contribution in [0.25, 0.3) is 11.2 Å². The van der Waals surface area contributed by atoms with Crippen LogP contribution in [0.5, 0.6) is 5.88 Å². The van der Waals surface area contributed by atoms with E-state index in [0.29, 0.717) is 0 Å². The van der Waals surface area contributed by atoms with Gasteiger partial charge in [0, 0.05) is 12.5 Å². The number of nitro benzene ring substituents is 1. The molecule has 2 unspecified atom stereocenters. The minimum atomic E-state index is -5.75. The summed E-state index contributed by atoms with van der Waals surface area (Å²) in [5.74, 6) is -0.407. The van der Waals surface area contributed by atoms with Crippen LogP contribution in [0.2, 0.25) is 0 Å². The molecule has 0 bridgehead atoms. The molecule has 1 fully saturated rings. The molecule has 4 rings (SSSR count). The third-order valence-corrected chi connectivity index (χ3v) is 9.09. The van der Waals surface area contributed by atoms with Crippen LogP contribution in [0.4, 0.5) is 5.69 Å². The molecule has 5 N–H and O–H groups in total. The Balaban J connectivity index is 1.53. The van der Waals surface area contributed by atoms with Crippen LogP contribution in [0.1, 0.15) is 18.2 Å². The van der Waals surface area contributed by atoms with E-state index in [0.717, 1.165) is 6.33 Å². The smallest absolute Gasteiger partial charge is 0.490 e. The van der Waals surface area contributed by atoms with Crippen molar-refractivity contribution in [1.82, 2.24) is 19.5 Å². The van der Waals surface area contributed by atoms with Crippen LogP contribution < -0.4 is 0 Å². The van der Waals surface area contributed by atoms with Gasteiger partial charge in [0.15, 0.2) is 11.2 Å². The van der Waals surface area contributed by atoms with E-state index in [9.17, 15) is 38.7 Å². The van der Waals surface area contributed by atoms with Gasteiger partial charge in [0.2, 0.25) is 5.88 Å². The molecule has 23 heteroatoms. The lowest BCUT2D eigenvalue weighted by atomic mass is 10.1. The van der Waals surface area contributed by atoms with E-state index in [-0.39, 0.29) is 35.4 Å². The summed E-state index contributed by atoms with van der Waals surface area (Å²) < 4.78 is 59.8. The molecule has 3 aromatic rings. The van der Waals surface area contributed by atoms with Crippen LogP contribution in [0.3, 0.4) is 0 Å². The highest BCUT2D eigenvalue weighted by Gasteiger charge is 2.43. The molecule has 0 aliphatic carbocycles. The molecular formula is C17H20N5O15P3. The summed E-state index contributed by atoms with van der Waals surface area (Å²) in [6.07, 6.45) is -0.783. The molecular weight excluding hydrogens is 607 g/mol. The number of benzene rings is 1. The molecule has 0 spiro atoms. The van der Waals surface area contributed by atoms with E-state index in [1.807, 2.05) is 0 Å². The fourth-order valence-electron chi connectivity index (χ4n) is 3.73. The number of phosphoric ester groups is 1. The first-order valence-corrected chi connectivity index (χ1v) is 15.3. The van der Waals surface area contributed by atoms with Gasteiger partial charge in [-0.2, -0.15) is 13.6 Å². The molecule has 1 saturated heterocycles. The van der Waals surface area contributed by atoms with E-state index >= 15 is 0 Å². The number of hydrogen-bond donors (Lipinski definition) is 5. The lowest BCUT2D eigenvalue weighted by Crippen LogP contribution is -2.29. The van der Waals surface area contributed by atoms with Crippen molar-refractivity contribution in [1.29, 1.82) is 0 Å². The maximum absolute atomic E-state index is 12.2. The van der Waals surface area contributed by atoms with E-state index in [4.69, 9.17) is 23.8 Å². The van der Waals surface area contributed by atoms with Crippen molar-refractivity contribution in [2.75, 3.05) is 6.61 Å². The molecule has 20 nitrogen and oxygen atoms in total. The zero-order valence-corrected chi connectivity index (χ0v) is 22.4. The van der Waals surface area contributed by atoms with Crippen molar-refractivity contribution >= 4 is 40.3 Å². The lowest BCUT2D eigenvalue weighted by molar-refractivity contribution is -0.386. The van der Waals surface area contributed by atoms with E-state index in [1.165, 1.54) is 29.1 Å². The van der Waals surface area contributed by atoms with Crippen molar-refractivity contribution in [2.24, 2.45) is 0 Å². The first-order valence-electron chi connectivity index (χ1n) is 10.8. The van der Waals surface area contributed by atoms with Gasteiger partial charge in [0.05, 0.1) is 36.1 Å². The predicted octanol–water partition coefficient (Wildman–Crippen LogP) is 1.66. The Morgan fingerprint density at radius 1 is 1.07 bits per heavy atom. The van der Waals surface area contributed by atoms with Gasteiger partial charge in [0.25, 0.3) is 5.69 Å². The Morgan fingerprint density at radius 2 is 1.80 bits per heavy atom. The number of para-hydroxylation sites is 1. The fraction of sp³-hybridized carbons (Fsp3) is 0.353.